The van der Waals surface area contributed by atoms with Crippen LogP contribution >= 0.6 is 0 Å². The van der Waals surface area contributed by atoms with Gasteiger partial charge in [-0.1, -0.05) is 45.0 Å². The maximum Gasteiger partial charge on any atom is -0.00143 e. The van der Waals surface area contributed by atoms with E-state index in [9.17, 15) is 0 Å². The van der Waals surface area contributed by atoms with Gasteiger partial charge in [0, 0.05) is 0 Å². The molecule has 0 spiro atoms. The average molecular weight is 231 g/mol. The molecule has 2 unspecified atom stereocenters. The van der Waals surface area contributed by atoms with Crippen LogP contribution in [0.25, 0.3) is 0 Å². The summed E-state index contributed by atoms with van der Waals surface area (Å²) in [6.45, 7) is 9.14. The van der Waals surface area contributed by atoms with Crippen molar-refractivity contribution >= 4 is 0 Å². The van der Waals surface area contributed by atoms with Crippen LogP contribution in [0.2, 0.25) is 0 Å². The van der Waals surface area contributed by atoms with Gasteiger partial charge in [0.05, 0.1) is 0 Å². The van der Waals surface area contributed by atoms with Crippen molar-refractivity contribution in [2.24, 2.45) is 11.8 Å². The summed E-state index contributed by atoms with van der Waals surface area (Å²) in [7, 11) is 0. The first-order chi connectivity index (χ1) is 8.22. The molecule has 1 N–H and O–H groups in total. The number of benzene rings is 1. The van der Waals surface area contributed by atoms with E-state index in [2.05, 4.69) is 50.4 Å². The van der Waals surface area contributed by atoms with E-state index in [4.69, 9.17) is 0 Å². The van der Waals surface area contributed by atoms with Crippen LogP contribution < -0.4 is 5.32 Å². The Labute approximate surface area is 106 Å². The lowest BCUT2D eigenvalue weighted by Crippen LogP contribution is -2.22. The molecule has 2 rings (SSSR count). The van der Waals surface area contributed by atoms with E-state index < -0.39 is 0 Å². The van der Waals surface area contributed by atoms with E-state index in [-0.39, 0.29) is 0 Å². The van der Waals surface area contributed by atoms with Crippen LogP contribution in [0.15, 0.2) is 24.3 Å². The van der Waals surface area contributed by atoms with Crippen molar-refractivity contribution in [2.75, 3.05) is 13.1 Å². The topological polar surface area (TPSA) is 12.0 Å². The largest absolute Gasteiger partial charge is 0.316 e. The highest BCUT2D eigenvalue weighted by Crippen LogP contribution is 2.48. The highest BCUT2D eigenvalue weighted by Gasteiger charge is 2.38. The van der Waals surface area contributed by atoms with E-state index in [1.807, 2.05) is 0 Å². The van der Waals surface area contributed by atoms with Crippen LogP contribution in [0.3, 0.4) is 0 Å². The molecule has 0 bridgehead atoms. The lowest BCUT2D eigenvalue weighted by atomic mass is 10.0. The third-order valence-corrected chi connectivity index (χ3v) is 3.72. The SMILES string of the molecule is CCc1ccccc1C1CC1CNCC(C)C. The van der Waals surface area contributed by atoms with Crippen molar-refractivity contribution < 1.29 is 0 Å². The van der Waals surface area contributed by atoms with Gasteiger partial charge in [-0.05, 0) is 54.8 Å². The number of hydrogen-bond donors (Lipinski definition) is 1. The molecule has 1 aliphatic rings. The maximum atomic E-state index is 3.58. The second-order valence-electron chi connectivity index (χ2n) is 5.71. The molecule has 17 heavy (non-hydrogen) atoms. The standard InChI is InChI=1S/C16H25N/c1-4-13-7-5-6-8-15(13)16-9-14(16)11-17-10-12(2)3/h5-8,12,14,16-17H,4,9-11H2,1-3H3. The third kappa shape index (κ3) is 3.32. The van der Waals surface area contributed by atoms with E-state index in [1.54, 1.807) is 11.1 Å². The quantitative estimate of drug-likeness (QED) is 0.789. The van der Waals surface area contributed by atoms with Gasteiger partial charge in [0.25, 0.3) is 0 Å². The summed E-state index contributed by atoms with van der Waals surface area (Å²) in [4.78, 5) is 0. The van der Waals surface area contributed by atoms with Crippen molar-refractivity contribution in [3.05, 3.63) is 35.4 Å². The summed E-state index contributed by atoms with van der Waals surface area (Å²) in [5, 5.41) is 3.58. The van der Waals surface area contributed by atoms with Crippen molar-refractivity contribution in [3.63, 3.8) is 0 Å². The van der Waals surface area contributed by atoms with E-state index in [0.29, 0.717) is 0 Å². The Morgan fingerprint density at radius 3 is 2.76 bits per heavy atom. The van der Waals surface area contributed by atoms with Gasteiger partial charge < -0.3 is 5.32 Å². The zero-order valence-electron chi connectivity index (χ0n) is 11.4. The minimum Gasteiger partial charge on any atom is -0.316 e. The normalized spacial score (nSPS) is 23.1. The van der Waals surface area contributed by atoms with Crippen LogP contribution in [0.5, 0.6) is 0 Å². The summed E-state index contributed by atoms with van der Waals surface area (Å²) in [6, 6.07) is 8.96. The zero-order valence-corrected chi connectivity index (χ0v) is 11.4. The highest BCUT2D eigenvalue weighted by atomic mass is 14.9. The lowest BCUT2D eigenvalue weighted by molar-refractivity contribution is 0.532. The Hall–Kier alpha value is -0.820. The summed E-state index contributed by atoms with van der Waals surface area (Å²) in [5.74, 6) is 2.46. The molecule has 1 fully saturated rings. The molecule has 1 aromatic carbocycles. The number of rotatable bonds is 6. The van der Waals surface area contributed by atoms with Crippen LogP contribution in [0.4, 0.5) is 0 Å². The van der Waals surface area contributed by atoms with Gasteiger partial charge in [0.2, 0.25) is 0 Å². The zero-order chi connectivity index (χ0) is 12.3. The molecule has 1 aromatic rings. The van der Waals surface area contributed by atoms with Gasteiger partial charge in [0.15, 0.2) is 0 Å². The first-order valence-electron chi connectivity index (χ1n) is 7.00. The fourth-order valence-corrected chi connectivity index (χ4v) is 2.63. The Kier molecular flexibility index (Phi) is 4.22. The molecule has 0 aromatic heterocycles. The predicted molar refractivity (Wildman–Crippen MR) is 74.4 cm³/mol. The van der Waals surface area contributed by atoms with Gasteiger partial charge in [-0.15, -0.1) is 0 Å². The molecule has 0 aliphatic heterocycles. The molecule has 0 heterocycles. The van der Waals surface area contributed by atoms with Crippen LogP contribution in [0, 0.1) is 11.8 Å². The molecule has 0 radical (unpaired) electrons. The summed E-state index contributed by atoms with van der Waals surface area (Å²) < 4.78 is 0. The van der Waals surface area contributed by atoms with Gasteiger partial charge >= 0.3 is 0 Å². The summed E-state index contributed by atoms with van der Waals surface area (Å²) in [5.41, 5.74) is 3.15. The molecular weight excluding hydrogens is 206 g/mol. The number of aryl methyl sites for hydroxylation is 1. The van der Waals surface area contributed by atoms with E-state index >= 15 is 0 Å². The smallest absolute Gasteiger partial charge is 0.00143 e. The number of nitrogens with one attached hydrogen (secondary N) is 1. The Bertz CT molecular complexity index is 356. The van der Waals surface area contributed by atoms with Crippen LogP contribution in [-0.4, -0.2) is 13.1 Å². The molecule has 94 valence electrons. The first-order valence-corrected chi connectivity index (χ1v) is 7.00. The average Bonchev–Trinajstić information content (AvgIpc) is 3.08. The fraction of sp³-hybridized carbons (Fsp3) is 0.625. The monoisotopic (exact) mass is 231 g/mol. The van der Waals surface area contributed by atoms with Crippen molar-refractivity contribution in [1.29, 1.82) is 0 Å². The summed E-state index contributed by atoms with van der Waals surface area (Å²) >= 11 is 0. The second kappa shape index (κ2) is 5.68. The van der Waals surface area contributed by atoms with Crippen LogP contribution in [-0.2, 0) is 6.42 Å². The molecule has 1 nitrogen and oxygen atoms in total. The van der Waals surface area contributed by atoms with E-state index in [0.717, 1.165) is 24.3 Å². The summed E-state index contributed by atoms with van der Waals surface area (Å²) in [6.07, 6.45) is 2.54. The second-order valence-corrected chi connectivity index (χ2v) is 5.71. The van der Waals surface area contributed by atoms with Gasteiger partial charge in [-0.2, -0.15) is 0 Å². The Morgan fingerprint density at radius 1 is 1.29 bits per heavy atom. The van der Waals surface area contributed by atoms with Crippen LogP contribution in [0.1, 0.15) is 44.2 Å². The minimum atomic E-state index is 0.759. The minimum absolute atomic E-state index is 0.759. The van der Waals surface area contributed by atoms with E-state index in [1.165, 1.54) is 19.4 Å². The van der Waals surface area contributed by atoms with Gasteiger partial charge in [-0.3, -0.25) is 0 Å². The third-order valence-electron chi connectivity index (χ3n) is 3.72. The Morgan fingerprint density at radius 2 is 2.06 bits per heavy atom. The molecular formula is C16H25N. The first kappa shape index (κ1) is 12.6. The van der Waals surface area contributed by atoms with Gasteiger partial charge in [-0.25, -0.2) is 0 Å². The molecule has 1 saturated carbocycles. The van der Waals surface area contributed by atoms with Crippen molar-refractivity contribution in [3.8, 4) is 0 Å². The highest BCUT2D eigenvalue weighted by molar-refractivity contribution is 5.34. The molecule has 1 aliphatic carbocycles. The predicted octanol–water partition coefficient (Wildman–Crippen LogP) is 3.60. The Balaban J connectivity index is 1.85. The lowest BCUT2D eigenvalue weighted by Gasteiger charge is -2.09. The molecule has 1 heteroatoms. The molecule has 2 atom stereocenters. The van der Waals surface area contributed by atoms with Crippen molar-refractivity contribution in [2.45, 2.75) is 39.5 Å². The maximum absolute atomic E-state index is 3.58. The molecule has 0 amide bonds. The van der Waals surface area contributed by atoms with Gasteiger partial charge in [0.1, 0.15) is 0 Å². The number of hydrogen-bond acceptors (Lipinski definition) is 1. The van der Waals surface area contributed by atoms with Crippen molar-refractivity contribution in [1.82, 2.24) is 5.32 Å². The molecule has 0 saturated heterocycles. The fourth-order valence-electron chi connectivity index (χ4n) is 2.63.